The van der Waals surface area contributed by atoms with Crippen molar-refractivity contribution in [1.82, 2.24) is 15.1 Å². The van der Waals surface area contributed by atoms with E-state index in [1.165, 1.54) is 0 Å². The Morgan fingerprint density at radius 2 is 2.50 bits per heavy atom. The molecule has 0 fully saturated rings. The van der Waals surface area contributed by atoms with Gasteiger partial charge in [0.15, 0.2) is 0 Å². The van der Waals surface area contributed by atoms with Gasteiger partial charge in [0.2, 0.25) is 5.91 Å². The van der Waals surface area contributed by atoms with Gasteiger partial charge in [-0.2, -0.15) is 5.10 Å². The summed E-state index contributed by atoms with van der Waals surface area (Å²) in [6.07, 6.45) is 3.22. The van der Waals surface area contributed by atoms with Gasteiger partial charge in [0.1, 0.15) is 0 Å². The molecule has 14 heavy (non-hydrogen) atoms. The molecule has 1 aromatic heterocycles. The quantitative estimate of drug-likeness (QED) is 0.798. The number of amides is 1. The highest BCUT2D eigenvalue weighted by Gasteiger charge is 2.00. The summed E-state index contributed by atoms with van der Waals surface area (Å²) in [4.78, 5) is 11.1. The summed E-state index contributed by atoms with van der Waals surface area (Å²) >= 11 is 3.21. The van der Waals surface area contributed by atoms with Crippen LogP contribution >= 0.6 is 15.9 Å². The van der Waals surface area contributed by atoms with Crippen molar-refractivity contribution in [3.8, 4) is 0 Å². The second kappa shape index (κ2) is 5.80. The van der Waals surface area contributed by atoms with Gasteiger partial charge in [-0.3, -0.25) is 9.48 Å². The number of halogens is 1. The van der Waals surface area contributed by atoms with Gasteiger partial charge in [-0.05, 0) is 6.07 Å². The van der Waals surface area contributed by atoms with E-state index in [9.17, 15) is 4.79 Å². The maximum Gasteiger partial charge on any atom is 0.220 e. The van der Waals surface area contributed by atoms with Crippen LogP contribution in [0.1, 0.15) is 12.1 Å². The molecular weight excluding hydrogens is 246 g/mol. The van der Waals surface area contributed by atoms with Gasteiger partial charge < -0.3 is 5.32 Å². The molecule has 78 valence electrons. The molecule has 4 nitrogen and oxygen atoms in total. The lowest BCUT2D eigenvalue weighted by Gasteiger charge is -2.01. The number of hydrogen-bond donors (Lipinski definition) is 1. The van der Waals surface area contributed by atoms with Crippen LogP contribution in [0.15, 0.2) is 12.3 Å². The van der Waals surface area contributed by atoms with Gasteiger partial charge in [0.05, 0.1) is 5.69 Å². The summed E-state index contributed by atoms with van der Waals surface area (Å²) in [6.45, 7) is 0.656. The van der Waals surface area contributed by atoms with Crippen molar-refractivity contribution in [3.63, 3.8) is 0 Å². The van der Waals surface area contributed by atoms with E-state index in [4.69, 9.17) is 0 Å². The van der Waals surface area contributed by atoms with Crippen molar-refractivity contribution >= 4 is 21.8 Å². The number of nitrogens with one attached hydrogen (secondary N) is 1. The molecule has 0 aliphatic rings. The van der Waals surface area contributed by atoms with Crippen molar-refractivity contribution < 1.29 is 4.79 Å². The molecule has 0 spiro atoms. The van der Waals surface area contributed by atoms with E-state index in [1.54, 1.807) is 4.68 Å². The average Bonchev–Trinajstić information content (AvgIpc) is 2.52. The van der Waals surface area contributed by atoms with E-state index < -0.39 is 0 Å². The van der Waals surface area contributed by atoms with Crippen LogP contribution in [-0.4, -0.2) is 27.6 Å². The van der Waals surface area contributed by atoms with Gasteiger partial charge >= 0.3 is 0 Å². The predicted octanol–water partition coefficient (Wildman–Crippen LogP) is 0.864. The third kappa shape index (κ3) is 3.91. The third-order valence-corrected chi connectivity index (χ3v) is 2.19. The molecule has 0 atom stereocenters. The first-order valence-corrected chi connectivity index (χ1v) is 5.65. The number of carbonyl (C=O) groups excluding carboxylic acids is 1. The Morgan fingerprint density at radius 1 is 1.71 bits per heavy atom. The third-order valence-electron chi connectivity index (χ3n) is 1.79. The lowest BCUT2D eigenvalue weighted by molar-refractivity contribution is -0.120. The topological polar surface area (TPSA) is 46.9 Å². The van der Waals surface area contributed by atoms with Crippen LogP contribution in [0.2, 0.25) is 0 Å². The van der Waals surface area contributed by atoms with Crippen molar-refractivity contribution in [1.29, 1.82) is 0 Å². The fourth-order valence-corrected chi connectivity index (χ4v) is 1.46. The zero-order chi connectivity index (χ0) is 10.4. The molecule has 0 unspecified atom stereocenters. The number of carbonyl (C=O) groups is 1. The summed E-state index contributed by atoms with van der Waals surface area (Å²) in [5.74, 6) is 0.0813. The molecule has 0 aliphatic carbocycles. The van der Waals surface area contributed by atoms with Crippen LogP contribution in [0.25, 0.3) is 0 Å². The molecule has 1 rings (SSSR count). The number of aromatic nitrogens is 2. The molecule has 0 bridgehead atoms. The monoisotopic (exact) mass is 259 g/mol. The summed E-state index contributed by atoms with van der Waals surface area (Å²) in [6, 6.07) is 1.96. The molecule has 1 amide bonds. The highest BCUT2D eigenvalue weighted by Crippen LogP contribution is 1.94. The Balaban J connectivity index is 2.18. The Kier molecular flexibility index (Phi) is 4.65. The van der Waals surface area contributed by atoms with Gasteiger partial charge in [-0.15, -0.1) is 0 Å². The van der Waals surface area contributed by atoms with Crippen LogP contribution in [0.4, 0.5) is 0 Å². The molecule has 1 N–H and O–H groups in total. The number of rotatable bonds is 5. The first-order chi connectivity index (χ1) is 6.72. The summed E-state index contributed by atoms with van der Waals surface area (Å²) in [7, 11) is 1.88. The first-order valence-electron chi connectivity index (χ1n) is 4.53. The predicted molar refractivity (Wildman–Crippen MR) is 58.3 cm³/mol. The second-order valence-electron chi connectivity index (χ2n) is 3.02. The lowest BCUT2D eigenvalue weighted by Crippen LogP contribution is -2.25. The minimum absolute atomic E-state index is 0.0813. The average molecular weight is 260 g/mol. The number of nitrogens with zero attached hydrogens (tertiary/aromatic N) is 2. The maximum atomic E-state index is 11.1. The first kappa shape index (κ1) is 11.2. The van der Waals surface area contributed by atoms with Gasteiger partial charge in [0, 0.05) is 38.0 Å². The van der Waals surface area contributed by atoms with Crippen molar-refractivity contribution in [2.24, 2.45) is 7.05 Å². The normalized spacial score (nSPS) is 10.1. The Labute approximate surface area is 91.8 Å². The van der Waals surface area contributed by atoms with Gasteiger partial charge in [0.25, 0.3) is 0 Å². The number of aryl methyl sites for hydroxylation is 1. The van der Waals surface area contributed by atoms with E-state index in [0.717, 1.165) is 12.1 Å². The number of alkyl halides is 1. The summed E-state index contributed by atoms with van der Waals surface area (Å²) in [5, 5.41) is 7.74. The summed E-state index contributed by atoms with van der Waals surface area (Å²) < 4.78 is 1.76. The standard InChI is InChI=1S/C9H14BrN3O/c1-13-7-4-8(12-13)3-6-11-9(14)2-5-10/h4,7H,2-3,5-6H2,1H3,(H,11,14). The molecule has 1 aromatic rings. The van der Waals surface area contributed by atoms with Crippen LogP contribution in [0, 0.1) is 0 Å². The van der Waals surface area contributed by atoms with Crippen LogP contribution in [0.3, 0.4) is 0 Å². The van der Waals surface area contributed by atoms with Crippen LogP contribution in [0.5, 0.6) is 0 Å². The molecule has 1 heterocycles. The fraction of sp³-hybridized carbons (Fsp3) is 0.556. The highest BCUT2D eigenvalue weighted by atomic mass is 79.9. The zero-order valence-corrected chi connectivity index (χ0v) is 9.75. The molecule has 0 radical (unpaired) electrons. The van der Waals surface area contributed by atoms with Crippen LogP contribution in [-0.2, 0) is 18.3 Å². The van der Waals surface area contributed by atoms with E-state index in [1.807, 2.05) is 19.3 Å². The van der Waals surface area contributed by atoms with Gasteiger partial charge in [-0.1, -0.05) is 15.9 Å². The Bertz CT molecular complexity index is 298. The Hall–Kier alpha value is -0.840. The van der Waals surface area contributed by atoms with Crippen molar-refractivity contribution in [3.05, 3.63) is 18.0 Å². The fourth-order valence-electron chi connectivity index (χ4n) is 1.10. The summed E-state index contributed by atoms with van der Waals surface area (Å²) in [5.41, 5.74) is 1.01. The van der Waals surface area contributed by atoms with Crippen molar-refractivity contribution in [2.45, 2.75) is 12.8 Å². The minimum atomic E-state index is 0.0813. The van der Waals surface area contributed by atoms with E-state index >= 15 is 0 Å². The number of hydrogen-bond acceptors (Lipinski definition) is 2. The minimum Gasteiger partial charge on any atom is -0.356 e. The SMILES string of the molecule is Cn1ccc(CCNC(=O)CCBr)n1. The smallest absolute Gasteiger partial charge is 0.220 e. The maximum absolute atomic E-state index is 11.1. The highest BCUT2D eigenvalue weighted by molar-refractivity contribution is 9.09. The van der Waals surface area contributed by atoms with Gasteiger partial charge in [-0.25, -0.2) is 0 Å². The van der Waals surface area contributed by atoms with Crippen molar-refractivity contribution in [2.75, 3.05) is 11.9 Å². The molecular formula is C9H14BrN3O. The molecule has 0 aromatic carbocycles. The van der Waals surface area contributed by atoms with E-state index in [2.05, 4.69) is 26.3 Å². The zero-order valence-electron chi connectivity index (χ0n) is 8.16. The van der Waals surface area contributed by atoms with Crippen LogP contribution < -0.4 is 5.32 Å². The molecule has 5 heteroatoms. The molecule has 0 saturated heterocycles. The lowest BCUT2D eigenvalue weighted by atomic mass is 10.3. The molecule has 0 saturated carbocycles. The molecule has 0 aliphatic heterocycles. The van der Waals surface area contributed by atoms with E-state index in [0.29, 0.717) is 18.3 Å². The Morgan fingerprint density at radius 3 is 3.07 bits per heavy atom. The largest absolute Gasteiger partial charge is 0.356 e. The van der Waals surface area contributed by atoms with E-state index in [-0.39, 0.29) is 5.91 Å². The second-order valence-corrected chi connectivity index (χ2v) is 3.81.